The van der Waals surface area contributed by atoms with Gasteiger partial charge in [0.1, 0.15) is 13.2 Å². The highest BCUT2D eigenvalue weighted by Gasteiger charge is 2.22. The van der Waals surface area contributed by atoms with Crippen molar-refractivity contribution in [3.05, 3.63) is 35.9 Å². The highest BCUT2D eigenvalue weighted by molar-refractivity contribution is 5.78. The maximum Gasteiger partial charge on any atom is 0.181 e. The smallest absolute Gasteiger partial charge is 0.181 e. The minimum Gasteiger partial charge on any atom is -0.393 e. The van der Waals surface area contributed by atoms with Gasteiger partial charge in [0, 0.05) is 0 Å². The molecule has 1 aromatic carbocycles. The lowest BCUT2D eigenvalue weighted by atomic mass is 10.2. The van der Waals surface area contributed by atoms with Gasteiger partial charge in [0.25, 0.3) is 0 Å². The third-order valence-electron chi connectivity index (χ3n) is 1.86. The minimum atomic E-state index is -0.00768. The zero-order chi connectivity index (χ0) is 10.3. The van der Waals surface area contributed by atoms with Gasteiger partial charge in [-0.3, -0.25) is 0 Å². The van der Waals surface area contributed by atoms with Crippen molar-refractivity contribution in [1.82, 2.24) is 0 Å². The predicted octanol–water partition coefficient (Wildman–Crippen LogP) is 1.41. The molecule has 2 rings (SSSR count). The molecule has 0 spiro atoms. The molecule has 1 atom stereocenters. The molecule has 1 fully saturated rings. The summed E-state index contributed by atoms with van der Waals surface area (Å²) in [5.74, 6) is 0. The topological polar surface area (TPSA) is 43.4 Å². The average Bonchev–Trinajstić information content (AvgIpc) is 3.09. The van der Waals surface area contributed by atoms with Gasteiger partial charge < -0.3 is 14.3 Å². The quantitative estimate of drug-likeness (QED) is 0.306. The van der Waals surface area contributed by atoms with Crippen LogP contribution in [0.1, 0.15) is 5.56 Å². The van der Waals surface area contributed by atoms with Crippen molar-refractivity contribution >= 4 is 6.21 Å². The molecule has 0 bridgehead atoms. The van der Waals surface area contributed by atoms with Crippen molar-refractivity contribution in [2.45, 2.75) is 6.29 Å². The summed E-state index contributed by atoms with van der Waals surface area (Å²) >= 11 is 0. The second-order valence-corrected chi connectivity index (χ2v) is 3.11. The Labute approximate surface area is 88.4 Å². The van der Waals surface area contributed by atoms with E-state index in [0.717, 1.165) is 5.56 Å². The van der Waals surface area contributed by atoms with Gasteiger partial charge in [-0.2, -0.15) is 0 Å². The molecule has 0 N–H and O–H groups in total. The third kappa shape index (κ3) is 4.10. The zero-order valence-electron chi connectivity index (χ0n) is 8.33. The molecule has 1 aromatic rings. The number of oxime groups is 1. The Kier molecular flexibility index (Phi) is 3.70. The summed E-state index contributed by atoms with van der Waals surface area (Å²) in [6, 6.07) is 9.79. The summed E-state index contributed by atoms with van der Waals surface area (Å²) < 4.78 is 10.1. The Morgan fingerprint density at radius 3 is 2.87 bits per heavy atom. The first-order chi connectivity index (χ1) is 7.45. The molecule has 4 nitrogen and oxygen atoms in total. The van der Waals surface area contributed by atoms with E-state index >= 15 is 0 Å². The standard InChI is InChI=1S/C11H13NO3/c1-2-4-10(5-3-1)8-12-15-7-6-13-11-9-14-11/h1-5,8,11H,6-7,9H2. The van der Waals surface area contributed by atoms with Gasteiger partial charge in [-0.05, 0) is 5.56 Å². The fraction of sp³-hybridized carbons (Fsp3) is 0.364. The van der Waals surface area contributed by atoms with Crippen molar-refractivity contribution in [2.24, 2.45) is 5.16 Å². The number of nitrogens with zero attached hydrogens (tertiary/aromatic N) is 1. The molecule has 1 heterocycles. The molecule has 1 aliphatic rings. The number of benzene rings is 1. The van der Waals surface area contributed by atoms with Crippen LogP contribution in [0.4, 0.5) is 0 Å². The molecule has 0 aromatic heterocycles. The Balaban J connectivity index is 1.58. The summed E-state index contributed by atoms with van der Waals surface area (Å²) in [6.07, 6.45) is 1.67. The van der Waals surface area contributed by atoms with Gasteiger partial charge >= 0.3 is 0 Å². The summed E-state index contributed by atoms with van der Waals surface area (Å²) in [5, 5.41) is 3.81. The second kappa shape index (κ2) is 5.48. The van der Waals surface area contributed by atoms with Crippen molar-refractivity contribution in [3.8, 4) is 0 Å². The number of hydrogen-bond acceptors (Lipinski definition) is 4. The van der Waals surface area contributed by atoms with Crippen molar-refractivity contribution < 1.29 is 14.3 Å². The van der Waals surface area contributed by atoms with Crippen LogP contribution in [0.15, 0.2) is 35.5 Å². The highest BCUT2D eigenvalue weighted by Crippen LogP contribution is 2.09. The van der Waals surface area contributed by atoms with Crippen LogP contribution in [0.25, 0.3) is 0 Å². The average molecular weight is 207 g/mol. The van der Waals surface area contributed by atoms with Gasteiger partial charge in [0.05, 0.1) is 12.8 Å². The van der Waals surface area contributed by atoms with Crippen LogP contribution in [0.2, 0.25) is 0 Å². The summed E-state index contributed by atoms with van der Waals surface area (Å²) in [6.45, 7) is 1.66. The van der Waals surface area contributed by atoms with E-state index in [4.69, 9.17) is 14.3 Å². The van der Waals surface area contributed by atoms with Crippen LogP contribution in [-0.4, -0.2) is 32.3 Å². The van der Waals surface area contributed by atoms with Crippen molar-refractivity contribution in [1.29, 1.82) is 0 Å². The highest BCUT2D eigenvalue weighted by atomic mass is 16.8. The second-order valence-electron chi connectivity index (χ2n) is 3.11. The third-order valence-corrected chi connectivity index (χ3v) is 1.86. The maximum absolute atomic E-state index is 5.18. The first-order valence-corrected chi connectivity index (χ1v) is 4.89. The number of epoxide rings is 1. The molecule has 80 valence electrons. The lowest BCUT2D eigenvalue weighted by Gasteiger charge is -1.98. The Bertz CT molecular complexity index is 309. The van der Waals surface area contributed by atoms with Gasteiger partial charge in [0.2, 0.25) is 0 Å². The van der Waals surface area contributed by atoms with Crippen LogP contribution < -0.4 is 0 Å². The van der Waals surface area contributed by atoms with E-state index in [1.54, 1.807) is 6.21 Å². The van der Waals surface area contributed by atoms with Gasteiger partial charge in [0.15, 0.2) is 6.29 Å². The van der Waals surface area contributed by atoms with Gasteiger partial charge in [-0.15, -0.1) is 0 Å². The Hall–Kier alpha value is -1.39. The number of hydrogen-bond donors (Lipinski definition) is 0. The molecule has 4 heteroatoms. The van der Waals surface area contributed by atoms with Crippen molar-refractivity contribution in [3.63, 3.8) is 0 Å². The lowest BCUT2D eigenvalue weighted by Crippen LogP contribution is -2.03. The van der Waals surface area contributed by atoms with E-state index < -0.39 is 0 Å². The summed E-state index contributed by atoms with van der Waals surface area (Å²) in [7, 11) is 0. The summed E-state index contributed by atoms with van der Waals surface area (Å²) in [5.41, 5.74) is 1.02. The first-order valence-electron chi connectivity index (χ1n) is 4.89. The molecule has 1 saturated heterocycles. The molecular formula is C11H13NO3. The Morgan fingerprint density at radius 1 is 1.33 bits per heavy atom. The number of rotatable bonds is 6. The minimum absolute atomic E-state index is 0.00768. The molecule has 1 unspecified atom stereocenters. The zero-order valence-corrected chi connectivity index (χ0v) is 8.33. The van der Waals surface area contributed by atoms with Crippen LogP contribution in [-0.2, 0) is 14.3 Å². The van der Waals surface area contributed by atoms with Crippen LogP contribution in [0.3, 0.4) is 0 Å². The first kappa shape index (κ1) is 10.1. The molecule has 15 heavy (non-hydrogen) atoms. The van der Waals surface area contributed by atoms with E-state index in [0.29, 0.717) is 19.8 Å². The fourth-order valence-electron chi connectivity index (χ4n) is 1.04. The van der Waals surface area contributed by atoms with Gasteiger partial charge in [-0.25, -0.2) is 0 Å². The van der Waals surface area contributed by atoms with E-state index in [9.17, 15) is 0 Å². The molecular weight excluding hydrogens is 194 g/mol. The van der Waals surface area contributed by atoms with E-state index in [-0.39, 0.29) is 6.29 Å². The van der Waals surface area contributed by atoms with E-state index in [1.807, 2.05) is 30.3 Å². The van der Waals surface area contributed by atoms with Gasteiger partial charge in [-0.1, -0.05) is 35.5 Å². The molecule has 0 saturated carbocycles. The maximum atomic E-state index is 5.18. The molecule has 0 radical (unpaired) electrons. The van der Waals surface area contributed by atoms with Crippen LogP contribution >= 0.6 is 0 Å². The van der Waals surface area contributed by atoms with E-state index in [2.05, 4.69) is 5.16 Å². The predicted molar refractivity (Wildman–Crippen MR) is 55.7 cm³/mol. The number of ether oxygens (including phenoxy) is 2. The molecule has 1 aliphatic heterocycles. The molecule has 0 amide bonds. The molecule has 0 aliphatic carbocycles. The fourth-order valence-corrected chi connectivity index (χ4v) is 1.04. The lowest BCUT2D eigenvalue weighted by molar-refractivity contribution is 0.00660. The van der Waals surface area contributed by atoms with Crippen molar-refractivity contribution in [2.75, 3.05) is 19.8 Å². The normalized spacial score (nSPS) is 19.3. The Morgan fingerprint density at radius 2 is 2.13 bits per heavy atom. The van der Waals surface area contributed by atoms with Crippen LogP contribution in [0.5, 0.6) is 0 Å². The van der Waals surface area contributed by atoms with Crippen LogP contribution in [0, 0.1) is 0 Å². The summed E-state index contributed by atoms with van der Waals surface area (Å²) in [4.78, 5) is 5.00. The monoisotopic (exact) mass is 207 g/mol. The SMILES string of the molecule is C(=NOCCOC1CO1)c1ccccc1. The van der Waals surface area contributed by atoms with E-state index in [1.165, 1.54) is 0 Å². The largest absolute Gasteiger partial charge is 0.393 e.